The van der Waals surface area contributed by atoms with E-state index < -0.39 is 0 Å². The summed E-state index contributed by atoms with van der Waals surface area (Å²) in [5, 5.41) is 3.94. The summed E-state index contributed by atoms with van der Waals surface area (Å²) in [6, 6.07) is 7.72. The second kappa shape index (κ2) is 4.28. The average molecular weight is 214 g/mol. The van der Waals surface area contributed by atoms with Crippen LogP contribution in [0.5, 0.6) is 0 Å². The van der Waals surface area contributed by atoms with Crippen molar-refractivity contribution in [3.63, 3.8) is 0 Å². The van der Waals surface area contributed by atoms with E-state index in [1.165, 1.54) is 0 Å². The summed E-state index contributed by atoms with van der Waals surface area (Å²) in [5.74, 6) is 0.382. The molecule has 0 amide bonds. The van der Waals surface area contributed by atoms with Crippen LogP contribution in [0.3, 0.4) is 0 Å². The predicted octanol–water partition coefficient (Wildman–Crippen LogP) is 2.61. The third-order valence-electron chi connectivity index (χ3n) is 2.81. The second-order valence-corrected chi connectivity index (χ2v) is 4.17. The first kappa shape index (κ1) is 9.94. The van der Waals surface area contributed by atoms with Gasteiger partial charge in [-0.15, -0.1) is 0 Å². The van der Waals surface area contributed by atoms with E-state index in [9.17, 15) is 4.39 Å². The molecular formula is C11H13ClFN. The minimum atomic E-state index is -0.260. The first-order valence-corrected chi connectivity index (χ1v) is 5.21. The van der Waals surface area contributed by atoms with E-state index in [1.54, 1.807) is 0 Å². The Bertz CT molecular complexity index is 316. The number of alkyl halides is 1. The molecule has 2 atom stereocenters. The Hall–Kier alpha value is -0.600. The Morgan fingerprint density at radius 2 is 2.29 bits per heavy atom. The fourth-order valence-electron chi connectivity index (χ4n) is 2.02. The first-order valence-electron chi connectivity index (χ1n) is 4.83. The van der Waals surface area contributed by atoms with Crippen molar-refractivity contribution in [3.8, 4) is 0 Å². The van der Waals surface area contributed by atoms with Crippen molar-refractivity contribution in [3.05, 3.63) is 34.9 Å². The van der Waals surface area contributed by atoms with Gasteiger partial charge in [0.1, 0.15) is 0 Å². The second-order valence-electron chi connectivity index (χ2n) is 3.73. The molecule has 1 aromatic carbocycles. The lowest BCUT2D eigenvalue weighted by Crippen LogP contribution is -2.12. The maximum absolute atomic E-state index is 12.7. The van der Waals surface area contributed by atoms with Gasteiger partial charge in [-0.1, -0.05) is 23.7 Å². The van der Waals surface area contributed by atoms with Crippen LogP contribution in [0.4, 0.5) is 4.39 Å². The molecule has 76 valence electrons. The van der Waals surface area contributed by atoms with E-state index in [1.807, 2.05) is 24.3 Å². The van der Waals surface area contributed by atoms with Gasteiger partial charge in [0.05, 0.1) is 6.67 Å². The number of benzene rings is 1. The van der Waals surface area contributed by atoms with Gasteiger partial charge in [0.25, 0.3) is 0 Å². The summed E-state index contributed by atoms with van der Waals surface area (Å²) < 4.78 is 12.7. The predicted molar refractivity (Wildman–Crippen MR) is 56.5 cm³/mol. The Balaban J connectivity index is 2.21. The molecule has 0 spiro atoms. The molecule has 2 rings (SSSR count). The molecular weight excluding hydrogens is 201 g/mol. The van der Waals surface area contributed by atoms with Gasteiger partial charge in [-0.05, 0) is 17.7 Å². The van der Waals surface area contributed by atoms with E-state index in [2.05, 4.69) is 5.32 Å². The molecule has 1 nitrogen and oxygen atoms in total. The number of hydrogen-bond acceptors (Lipinski definition) is 1. The summed E-state index contributed by atoms with van der Waals surface area (Å²) in [4.78, 5) is 0. The topological polar surface area (TPSA) is 12.0 Å². The fourth-order valence-corrected chi connectivity index (χ4v) is 2.22. The third-order valence-corrected chi connectivity index (χ3v) is 3.05. The average Bonchev–Trinajstić information content (AvgIpc) is 2.65. The highest BCUT2D eigenvalue weighted by molar-refractivity contribution is 6.30. The van der Waals surface area contributed by atoms with Crippen LogP contribution in [0.1, 0.15) is 11.5 Å². The molecule has 1 aromatic rings. The molecule has 1 saturated heterocycles. The quantitative estimate of drug-likeness (QED) is 0.797. The van der Waals surface area contributed by atoms with Crippen molar-refractivity contribution >= 4 is 11.6 Å². The normalized spacial score (nSPS) is 26.7. The van der Waals surface area contributed by atoms with Gasteiger partial charge in [-0.2, -0.15) is 0 Å². The number of halogens is 2. The first-order chi connectivity index (χ1) is 6.81. The molecule has 1 aliphatic rings. The number of rotatable bonds is 2. The minimum absolute atomic E-state index is 0.105. The van der Waals surface area contributed by atoms with Crippen LogP contribution in [0.15, 0.2) is 24.3 Å². The van der Waals surface area contributed by atoms with Crippen molar-refractivity contribution in [2.75, 3.05) is 19.8 Å². The van der Waals surface area contributed by atoms with E-state index in [4.69, 9.17) is 11.6 Å². The molecule has 0 aromatic heterocycles. The van der Waals surface area contributed by atoms with Crippen LogP contribution in [0.2, 0.25) is 5.02 Å². The van der Waals surface area contributed by atoms with Crippen LogP contribution in [-0.4, -0.2) is 19.8 Å². The van der Waals surface area contributed by atoms with E-state index in [-0.39, 0.29) is 18.5 Å². The molecule has 1 fully saturated rings. The lowest BCUT2D eigenvalue weighted by molar-refractivity contribution is 0.358. The standard InChI is InChI=1S/C11H13ClFN/c12-10-3-1-2-8(4-10)11-7-14-6-9(11)5-13/h1-4,9,11,14H,5-7H2/t9-,11-/m1/s1. The third kappa shape index (κ3) is 1.91. The maximum Gasteiger partial charge on any atom is 0.0941 e. The van der Waals surface area contributed by atoms with Crippen LogP contribution < -0.4 is 5.32 Å². The lowest BCUT2D eigenvalue weighted by atomic mass is 9.90. The monoisotopic (exact) mass is 213 g/mol. The lowest BCUT2D eigenvalue weighted by Gasteiger charge is -2.15. The van der Waals surface area contributed by atoms with Crippen LogP contribution in [0.25, 0.3) is 0 Å². The van der Waals surface area contributed by atoms with Crippen LogP contribution in [0, 0.1) is 5.92 Å². The summed E-state index contributed by atoms with van der Waals surface area (Å²) >= 11 is 5.90. The van der Waals surface area contributed by atoms with Crippen molar-refractivity contribution < 1.29 is 4.39 Å². The molecule has 3 heteroatoms. The van der Waals surface area contributed by atoms with Crippen molar-refractivity contribution in [1.29, 1.82) is 0 Å². The summed E-state index contributed by atoms with van der Waals surface area (Å²) in [5.41, 5.74) is 1.14. The highest BCUT2D eigenvalue weighted by atomic mass is 35.5. The summed E-state index contributed by atoms with van der Waals surface area (Å²) in [6.07, 6.45) is 0. The van der Waals surface area contributed by atoms with Gasteiger partial charge < -0.3 is 5.32 Å². The Morgan fingerprint density at radius 3 is 3.00 bits per heavy atom. The van der Waals surface area contributed by atoms with Gasteiger partial charge in [-0.3, -0.25) is 4.39 Å². The Labute approximate surface area is 88.3 Å². The molecule has 0 radical (unpaired) electrons. The molecule has 1 aliphatic heterocycles. The maximum atomic E-state index is 12.7. The number of hydrogen-bond donors (Lipinski definition) is 1. The largest absolute Gasteiger partial charge is 0.316 e. The van der Waals surface area contributed by atoms with E-state index >= 15 is 0 Å². The smallest absolute Gasteiger partial charge is 0.0941 e. The molecule has 0 bridgehead atoms. The van der Waals surface area contributed by atoms with Crippen molar-refractivity contribution in [2.24, 2.45) is 5.92 Å². The molecule has 0 aliphatic carbocycles. The van der Waals surface area contributed by atoms with Gasteiger partial charge in [0.15, 0.2) is 0 Å². The number of nitrogens with one attached hydrogen (secondary N) is 1. The molecule has 14 heavy (non-hydrogen) atoms. The Kier molecular flexibility index (Phi) is 3.04. The molecule has 1 heterocycles. The zero-order valence-electron chi connectivity index (χ0n) is 7.84. The van der Waals surface area contributed by atoms with Crippen LogP contribution >= 0.6 is 11.6 Å². The zero-order valence-corrected chi connectivity index (χ0v) is 8.60. The van der Waals surface area contributed by atoms with Gasteiger partial charge in [0.2, 0.25) is 0 Å². The highest BCUT2D eigenvalue weighted by Crippen LogP contribution is 2.29. The minimum Gasteiger partial charge on any atom is -0.316 e. The van der Waals surface area contributed by atoms with E-state index in [0.717, 1.165) is 23.7 Å². The fraction of sp³-hybridized carbons (Fsp3) is 0.455. The van der Waals surface area contributed by atoms with Crippen LogP contribution in [-0.2, 0) is 0 Å². The SMILES string of the molecule is FC[C@@H]1CNC[C@@H]1c1cccc(Cl)c1. The molecule has 0 unspecified atom stereocenters. The highest BCUT2D eigenvalue weighted by Gasteiger charge is 2.28. The summed E-state index contributed by atoms with van der Waals surface area (Å²) in [6.45, 7) is 1.37. The van der Waals surface area contributed by atoms with Gasteiger partial charge >= 0.3 is 0 Å². The molecule has 1 N–H and O–H groups in total. The van der Waals surface area contributed by atoms with E-state index in [0.29, 0.717) is 0 Å². The zero-order chi connectivity index (χ0) is 9.97. The molecule has 0 saturated carbocycles. The van der Waals surface area contributed by atoms with Crippen molar-refractivity contribution in [1.82, 2.24) is 5.32 Å². The van der Waals surface area contributed by atoms with Crippen molar-refractivity contribution in [2.45, 2.75) is 5.92 Å². The Morgan fingerprint density at radius 1 is 1.43 bits per heavy atom. The van der Waals surface area contributed by atoms with Gasteiger partial charge in [-0.25, -0.2) is 0 Å². The van der Waals surface area contributed by atoms with Gasteiger partial charge in [0, 0.05) is 29.9 Å². The summed E-state index contributed by atoms with van der Waals surface area (Å²) in [7, 11) is 0.